The molecule has 25 heavy (non-hydrogen) atoms. The molecule has 0 bridgehead atoms. The molecule has 6 heteroatoms. The van der Waals surface area contributed by atoms with E-state index in [-0.39, 0.29) is 11.9 Å². The number of pyridine rings is 1. The Balaban J connectivity index is 1.96. The minimum Gasteiger partial charge on any atom is -0.462 e. The van der Waals surface area contributed by atoms with Crippen molar-refractivity contribution in [3.63, 3.8) is 0 Å². The Hall–Kier alpha value is -2.63. The van der Waals surface area contributed by atoms with Crippen LogP contribution in [-0.2, 0) is 9.53 Å². The molecule has 1 aliphatic rings. The number of ether oxygens (including phenoxy) is 1. The van der Waals surface area contributed by atoms with Crippen LogP contribution in [0.1, 0.15) is 30.6 Å². The first-order chi connectivity index (χ1) is 12.2. The highest BCUT2D eigenvalue weighted by Gasteiger charge is 2.18. The van der Waals surface area contributed by atoms with Crippen molar-refractivity contribution in [2.45, 2.75) is 20.3 Å². The number of nitrogens with zero attached hydrogens (tertiary/aromatic N) is 3. The van der Waals surface area contributed by atoms with Gasteiger partial charge >= 0.3 is 5.97 Å². The summed E-state index contributed by atoms with van der Waals surface area (Å²) in [7, 11) is 0. The molecule has 134 valence electrons. The van der Waals surface area contributed by atoms with Crippen molar-refractivity contribution >= 4 is 17.7 Å². The first-order valence-corrected chi connectivity index (χ1v) is 8.62. The fourth-order valence-corrected chi connectivity index (χ4v) is 2.63. The van der Waals surface area contributed by atoms with Crippen LogP contribution in [-0.4, -0.2) is 54.5 Å². The van der Waals surface area contributed by atoms with Gasteiger partial charge in [-0.2, -0.15) is 0 Å². The molecule has 1 aromatic rings. The zero-order chi connectivity index (χ0) is 18.1. The molecule has 0 spiro atoms. The average molecular weight is 343 g/mol. The van der Waals surface area contributed by atoms with Crippen molar-refractivity contribution in [2.75, 3.05) is 37.7 Å². The summed E-state index contributed by atoms with van der Waals surface area (Å²) in [5, 5.41) is 0. The molecule has 2 rings (SSSR count). The minimum atomic E-state index is -0.359. The van der Waals surface area contributed by atoms with Crippen molar-refractivity contribution in [3.8, 4) is 0 Å². The predicted octanol–water partition coefficient (Wildman–Crippen LogP) is 2.43. The van der Waals surface area contributed by atoms with Gasteiger partial charge in [0.25, 0.3) is 0 Å². The number of carbonyl (C=O) groups excluding carboxylic acids is 2. The minimum absolute atomic E-state index is 0.0329. The third-order valence-electron chi connectivity index (χ3n) is 3.93. The summed E-state index contributed by atoms with van der Waals surface area (Å²) in [6, 6.07) is 3.56. The van der Waals surface area contributed by atoms with Crippen LogP contribution in [0, 0.1) is 0 Å². The lowest BCUT2D eigenvalue weighted by atomic mass is 10.2. The lowest BCUT2D eigenvalue weighted by Gasteiger charge is -2.22. The number of amides is 1. The molecule has 0 saturated carbocycles. The zero-order valence-electron chi connectivity index (χ0n) is 14.9. The number of allylic oxidation sites excluding steroid dienone is 3. The van der Waals surface area contributed by atoms with E-state index in [4.69, 9.17) is 4.74 Å². The van der Waals surface area contributed by atoms with E-state index in [0.29, 0.717) is 18.7 Å². The number of hydrogen-bond donors (Lipinski definition) is 0. The lowest BCUT2D eigenvalue weighted by molar-refractivity contribution is -0.125. The highest BCUT2D eigenvalue weighted by atomic mass is 16.5. The topological polar surface area (TPSA) is 62.7 Å². The van der Waals surface area contributed by atoms with Crippen LogP contribution in [0.2, 0.25) is 0 Å². The molecule has 0 aliphatic carbocycles. The highest BCUT2D eigenvalue weighted by Crippen LogP contribution is 2.15. The molecule has 1 fully saturated rings. The van der Waals surface area contributed by atoms with Crippen LogP contribution in [0.4, 0.5) is 5.82 Å². The molecule has 0 unspecified atom stereocenters. The molecule has 0 atom stereocenters. The van der Waals surface area contributed by atoms with Gasteiger partial charge in [-0.1, -0.05) is 18.2 Å². The summed E-state index contributed by atoms with van der Waals surface area (Å²) in [5.74, 6) is 0.486. The summed E-state index contributed by atoms with van der Waals surface area (Å²) in [6.07, 6.45) is 9.52. The van der Waals surface area contributed by atoms with Crippen molar-refractivity contribution in [1.82, 2.24) is 9.88 Å². The Kier molecular flexibility index (Phi) is 7.19. The molecule has 1 aliphatic heterocycles. The third kappa shape index (κ3) is 5.45. The van der Waals surface area contributed by atoms with Gasteiger partial charge in [0, 0.05) is 38.5 Å². The number of esters is 1. The second-order valence-electron chi connectivity index (χ2n) is 5.68. The Labute approximate surface area is 148 Å². The van der Waals surface area contributed by atoms with Gasteiger partial charge in [-0.3, -0.25) is 4.79 Å². The van der Waals surface area contributed by atoms with Crippen LogP contribution >= 0.6 is 0 Å². The van der Waals surface area contributed by atoms with Crippen LogP contribution in [0.5, 0.6) is 0 Å². The van der Waals surface area contributed by atoms with Crippen molar-refractivity contribution in [1.29, 1.82) is 0 Å². The zero-order valence-corrected chi connectivity index (χ0v) is 14.9. The van der Waals surface area contributed by atoms with Gasteiger partial charge < -0.3 is 14.5 Å². The number of carbonyl (C=O) groups is 2. The molecule has 1 saturated heterocycles. The predicted molar refractivity (Wildman–Crippen MR) is 97.6 cm³/mol. The van der Waals surface area contributed by atoms with E-state index in [1.165, 1.54) is 0 Å². The fourth-order valence-electron chi connectivity index (χ4n) is 2.63. The number of anilines is 1. The van der Waals surface area contributed by atoms with Crippen molar-refractivity contribution < 1.29 is 14.3 Å². The number of rotatable bonds is 5. The normalized spacial score (nSPS) is 15.6. The fraction of sp³-hybridized carbons (Fsp3) is 0.421. The van der Waals surface area contributed by atoms with Gasteiger partial charge in [0.15, 0.2) is 0 Å². The molecule has 0 N–H and O–H groups in total. The summed E-state index contributed by atoms with van der Waals surface area (Å²) >= 11 is 0. The maximum absolute atomic E-state index is 12.2. The molecule has 1 amide bonds. The van der Waals surface area contributed by atoms with Crippen molar-refractivity contribution in [3.05, 3.63) is 48.2 Å². The molecular formula is C19H25N3O3. The monoisotopic (exact) mass is 343 g/mol. The molecule has 2 heterocycles. The maximum Gasteiger partial charge on any atom is 0.339 e. The van der Waals surface area contributed by atoms with Gasteiger partial charge in [-0.05, 0) is 32.4 Å². The first-order valence-electron chi connectivity index (χ1n) is 8.62. The third-order valence-corrected chi connectivity index (χ3v) is 3.93. The average Bonchev–Trinajstić information content (AvgIpc) is 2.88. The number of hydrogen-bond acceptors (Lipinski definition) is 5. The standard InChI is InChI=1S/C19H25N3O3/c1-3-5-6-8-18(23)22-12-7-11-21(13-14-22)17-10-9-16(15-20-17)19(24)25-4-2/h3,5-6,8-10,15H,4,7,11-14H2,1-2H3/b5-3+,8-6-. The maximum atomic E-state index is 12.2. The largest absolute Gasteiger partial charge is 0.462 e. The van der Waals surface area contributed by atoms with E-state index in [9.17, 15) is 9.59 Å². The van der Waals surface area contributed by atoms with Crippen LogP contribution < -0.4 is 4.90 Å². The van der Waals surface area contributed by atoms with Gasteiger partial charge in [0.1, 0.15) is 5.82 Å². The quantitative estimate of drug-likeness (QED) is 0.467. The van der Waals surface area contributed by atoms with Crippen LogP contribution in [0.15, 0.2) is 42.6 Å². The van der Waals surface area contributed by atoms with E-state index in [1.54, 1.807) is 31.3 Å². The smallest absolute Gasteiger partial charge is 0.339 e. The summed E-state index contributed by atoms with van der Waals surface area (Å²) in [6.45, 7) is 6.97. The van der Waals surface area contributed by atoms with Gasteiger partial charge in [-0.25, -0.2) is 9.78 Å². The number of aromatic nitrogens is 1. The molecule has 1 aromatic heterocycles. The van der Waals surface area contributed by atoms with E-state index >= 15 is 0 Å². The lowest BCUT2D eigenvalue weighted by Crippen LogP contribution is -2.34. The van der Waals surface area contributed by atoms with Gasteiger partial charge in [0.05, 0.1) is 12.2 Å². The Morgan fingerprint density at radius 3 is 2.72 bits per heavy atom. The highest BCUT2D eigenvalue weighted by molar-refractivity contribution is 5.89. The second-order valence-corrected chi connectivity index (χ2v) is 5.68. The van der Waals surface area contributed by atoms with Crippen molar-refractivity contribution in [2.24, 2.45) is 0 Å². The summed E-state index contributed by atoms with van der Waals surface area (Å²) < 4.78 is 4.97. The Bertz CT molecular complexity index is 638. The first kappa shape index (κ1) is 18.7. The van der Waals surface area contributed by atoms with E-state index in [0.717, 1.165) is 31.9 Å². The summed E-state index contributed by atoms with van der Waals surface area (Å²) in [5.41, 5.74) is 0.450. The molecular weight excluding hydrogens is 318 g/mol. The van der Waals surface area contributed by atoms with Crippen LogP contribution in [0.3, 0.4) is 0 Å². The van der Waals surface area contributed by atoms with E-state index in [2.05, 4.69) is 9.88 Å². The van der Waals surface area contributed by atoms with Gasteiger partial charge in [-0.15, -0.1) is 0 Å². The van der Waals surface area contributed by atoms with Gasteiger partial charge in [0.2, 0.25) is 5.91 Å². The van der Waals surface area contributed by atoms with E-state index in [1.807, 2.05) is 30.0 Å². The molecule has 6 nitrogen and oxygen atoms in total. The van der Waals surface area contributed by atoms with Crippen LogP contribution in [0.25, 0.3) is 0 Å². The molecule has 0 aromatic carbocycles. The second kappa shape index (κ2) is 9.61. The Morgan fingerprint density at radius 2 is 2.04 bits per heavy atom. The van der Waals surface area contributed by atoms with E-state index < -0.39 is 0 Å². The molecule has 0 radical (unpaired) electrons. The SMILES string of the molecule is C/C=C/C=C\C(=O)N1CCCN(c2ccc(C(=O)OCC)cn2)CC1. The Morgan fingerprint density at radius 1 is 1.20 bits per heavy atom. The summed E-state index contributed by atoms with van der Waals surface area (Å²) in [4.78, 5) is 32.2.